The fourth-order valence-corrected chi connectivity index (χ4v) is 5.12. The summed E-state index contributed by atoms with van der Waals surface area (Å²) in [6.45, 7) is 8.92. The molecule has 0 radical (unpaired) electrons. The second-order valence-corrected chi connectivity index (χ2v) is 10.4. The zero-order chi connectivity index (χ0) is 26.7. The van der Waals surface area contributed by atoms with Crippen molar-refractivity contribution in [1.82, 2.24) is 0 Å². The van der Waals surface area contributed by atoms with E-state index in [1.807, 2.05) is 0 Å². The molecule has 2 aromatic carbocycles. The van der Waals surface area contributed by atoms with Crippen molar-refractivity contribution >= 4 is 11.4 Å². The maximum absolute atomic E-state index is 9.46. The number of rotatable bonds is 18. The van der Waals surface area contributed by atoms with Crippen molar-refractivity contribution in [2.75, 3.05) is 0 Å². The summed E-state index contributed by atoms with van der Waals surface area (Å²) in [6.07, 6.45) is 17.8. The summed E-state index contributed by atoms with van der Waals surface area (Å²) in [7, 11) is 0. The quantitative estimate of drug-likeness (QED) is 0.0316. The molecule has 0 aliphatic heterocycles. The van der Waals surface area contributed by atoms with Gasteiger partial charge in [-0.05, 0) is 78.3 Å². The number of hydrogen-bond acceptors (Lipinski definition) is 0. The molecule has 3 heteroatoms. The molecule has 0 fully saturated rings. The van der Waals surface area contributed by atoms with Crippen LogP contribution < -0.4 is 0 Å². The summed E-state index contributed by atoms with van der Waals surface area (Å²) in [5.74, 6) is 2.95. The molecule has 40 heavy (non-hydrogen) atoms. The predicted molar refractivity (Wildman–Crippen MR) is 174 cm³/mol. The van der Waals surface area contributed by atoms with Gasteiger partial charge in [-0.15, -0.1) is 4.79 Å². The molecule has 2 rings (SSSR count). The van der Waals surface area contributed by atoms with Gasteiger partial charge in [-0.25, -0.2) is 0 Å². The fraction of sp³-hybridized carbons (Fsp3) is 0.514. The van der Waals surface area contributed by atoms with Crippen LogP contribution in [0.4, 0.5) is 0 Å². The Morgan fingerprint density at radius 2 is 1.27 bits per heavy atom. The molecule has 0 aliphatic rings. The first-order valence-corrected chi connectivity index (χ1v) is 15.1. The molecule has 0 N–H and O–H groups in total. The first-order valence-electron chi connectivity index (χ1n) is 15.1. The van der Waals surface area contributed by atoms with Gasteiger partial charge >= 0.3 is 22.4 Å². The van der Waals surface area contributed by atoms with Gasteiger partial charge in [0.05, 0.1) is 5.57 Å². The third kappa shape index (κ3) is 13.9. The second kappa shape index (κ2) is 24.6. The number of allylic oxidation sites excluding steroid dienone is 2. The third-order valence-electron chi connectivity index (χ3n) is 7.33. The first kappa shape index (κ1) is 40.0. The van der Waals surface area contributed by atoms with Crippen molar-refractivity contribution in [3.8, 4) is 0 Å². The van der Waals surface area contributed by atoms with E-state index in [-0.39, 0.29) is 31.3 Å². The maximum atomic E-state index is 9.46. The van der Waals surface area contributed by atoms with E-state index >= 15 is 0 Å². The van der Waals surface area contributed by atoms with Crippen LogP contribution in [0.1, 0.15) is 133 Å². The van der Waals surface area contributed by atoms with Crippen molar-refractivity contribution in [2.24, 2.45) is 0 Å². The van der Waals surface area contributed by atoms with Crippen LogP contribution >= 0.6 is 0 Å². The summed E-state index contributed by atoms with van der Waals surface area (Å²) in [6, 6.07) is 18.3. The summed E-state index contributed by atoms with van der Waals surface area (Å²) in [5, 5.41) is 0. The zero-order valence-corrected chi connectivity index (χ0v) is 27.4. The molecular weight excluding hydrogens is 531 g/mol. The smallest absolute Gasteiger partial charge is 0.358 e. The van der Waals surface area contributed by atoms with Crippen molar-refractivity contribution in [2.45, 2.75) is 124 Å². The van der Waals surface area contributed by atoms with Gasteiger partial charge in [0.15, 0.2) is 0 Å². The number of nitrogens with zero attached hydrogens (tertiary/aromatic N) is 2. The van der Waals surface area contributed by atoms with Crippen molar-refractivity contribution in [3.05, 3.63) is 102 Å². The van der Waals surface area contributed by atoms with Gasteiger partial charge in [0.1, 0.15) is 0 Å². The van der Waals surface area contributed by atoms with E-state index in [0.717, 1.165) is 37.7 Å². The van der Waals surface area contributed by atoms with Crippen LogP contribution in [0.15, 0.2) is 59.7 Å². The summed E-state index contributed by atoms with van der Waals surface area (Å²) < 4.78 is 0. The van der Waals surface area contributed by atoms with Crippen molar-refractivity contribution in [3.63, 3.8) is 0 Å². The molecule has 2 nitrogen and oxygen atoms in total. The summed E-state index contributed by atoms with van der Waals surface area (Å²) in [5.41, 5.74) is 18.3. The molecule has 0 spiro atoms. The van der Waals surface area contributed by atoms with Gasteiger partial charge in [-0.1, -0.05) is 128 Å². The van der Waals surface area contributed by atoms with Crippen LogP contribution in [0, 0.1) is 14.9 Å². The number of aryl methyl sites for hydroxylation is 2. The van der Waals surface area contributed by atoms with Crippen molar-refractivity contribution in [1.29, 1.82) is 0 Å². The standard InChI is InChI=1S/C35H50N2.2CH3.Ni/c1-5-9-12-13-14-16-22-34(31(8-4)28-37-36)35(33-21-17-20-30(27-33)18-11-7-3)32-25-23-29(24-26-32)19-15-10-6-2;;;/h17,20-21,23-27H,5-16,18-19,22H2,1-4H3;2*1H3;/q;2*-1;+2. The predicted octanol–water partition coefficient (Wildman–Crippen LogP) is 11.4. The SMILES string of the molecule is CCCCCCCCC(C(=C=[N+]=[N-])CC)=C(c1ccc(CCCCC)cc1)c1cccc(CCCC)c1.[CH3-].[CH3-].[Ni+2]. The van der Waals surface area contributed by atoms with Crippen LogP contribution in [0.2, 0.25) is 0 Å². The number of hydrogen-bond donors (Lipinski definition) is 0. The molecule has 0 heterocycles. The van der Waals surface area contributed by atoms with Crippen LogP contribution in [0.5, 0.6) is 0 Å². The molecule has 0 amide bonds. The van der Waals surface area contributed by atoms with E-state index in [4.69, 9.17) is 0 Å². The number of unbranched alkanes of at least 4 members (excludes halogenated alkanes) is 8. The summed E-state index contributed by atoms with van der Waals surface area (Å²) >= 11 is 0. The van der Waals surface area contributed by atoms with E-state index in [0.29, 0.717) is 0 Å². The molecular formula is C37H56N2Ni. The third-order valence-corrected chi connectivity index (χ3v) is 7.33. The summed E-state index contributed by atoms with van der Waals surface area (Å²) in [4.78, 5) is 3.36. The molecule has 0 unspecified atom stereocenters. The van der Waals surface area contributed by atoms with Crippen LogP contribution in [0.3, 0.4) is 0 Å². The molecule has 0 aromatic heterocycles. The Morgan fingerprint density at radius 3 is 1.90 bits per heavy atom. The largest absolute Gasteiger partial charge is 2.00 e. The van der Waals surface area contributed by atoms with Gasteiger partial charge in [0.2, 0.25) is 0 Å². The maximum Gasteiger partial charge on any atom is 2.00 e. The Morgan fingerprint density at radius 1 is 0.675 bits per heavy atom. The van der Waals surface area contributed by atoms with Crippen LogP contribution in [-0.2, 0) is 29.3 Å². The van der Waals surface area contributed by atoms with Crippen LogP contribution in [-0.4, -0.2) is 10.7 Å². The van der Waals surface area contributed by atoms with Crippen LogP contribution in [0.25, 0.3) is 11.1 Å². The number of benzene rings is 2. The van der Waals surface area contributed by atoms with E-state index in [1.165, 1.54) is 97.6 Å². The molecule has 224 valence electrons. The minimum atomic E-state index is 0. The van der Waals surface area contributed by atoms with E-state index < -0.39 is 0 Å². The van der Waals surface area contributed by atoms with E-state index in [2.05, 4.69) is 86.9 Å². The average molecular weight is 588 g/mol. The van der Waals surface area contributed by atoms with E-state index in [9.17, 15) is 5.53 Å². The monoisotopic (exact) mass is 586 g/mol. The van der Waals surface area contributed by atoms with E-state index in [1.54, 1.807) is 0 Å². The topological polar surface area (TPSA) is 36.4 Å². The molecule has 0 bridgehead atoms. The van der Waals surface area contributed by atoms with Gasteiger partial charge in [-0.3, -0.25) is 0 Å². The van der Waals surface area contributed by atoms with Crippen molar-refractivity contribution < 1.29 is 21.3 Å². The normalized spacial score (nSPS) is 10.7. The second-order valence-electron chi connectivity index (χ2n) is 10.4. The molecule has 0 saturated carbocycles. The Bertz CT molecular complexity index is 1040. The van der Waals surface area contributed by atoms with Gasteiger partial charge < -0.3 is 20.4 Å². The minimum Gasteiger partial charge on any atom is -0.358 e. The molecule has 0 saturated heterocycles. The Labute approximate surface area is 258 Å². The Balaban J connectivity index is 0. The molecule has 0 aliphatic carbocycles. The average Bonchev–Trinajstić information content (AvgIpc) is 2.93. The van der Waals surface area contributed by atoms with Gasteiger partial charge in [-0.2, -0.15) is 0 Å². The molecule has 0 atom stereocenters. The van der Waals surface area contributed by atoms with Gasteiger partial charge in [0.25, 0.3) is 0 Å². The Hall–Kier alpha value is -2.17. The first-order chi connectivity index (χ1) is 18.2. The fourth-order valence-electron chi connectivity index (χ4n) is 5.12. The molecule has 2 aromatic rings. The zero-order valence-electron chi connectivity index (χ0n) is 26.4. The minimum absolute atomic E-state index is 0. The Kier molecular flexibility index (Phi) is 24.6. The van der Waals surface area contributed by atoms with Gasteiger partial charge in [0, 0.05) is 0 Å².